The van der Waals surface area contributed by atoms with Gasteiger partial charge in [-0.05, 0) is 24.3 Å². The highest BCUT2D eigenvalue weighted by Crippen LogP contribution is 2.38. The molecule has 1 aliphatic carbocycles. The highest BCUT2D eigenvalue weighted by Gasteiger charge is 2.29. The lowest BCUT2D eigenvalue weighted by molar-refractivity contribution is 0.203. The monoisotopic (exact) mass is 374 g/mol. The maximum atomic E-state index is 12.2. The number of hydrogen-bond donors (Lipinski definition) is 1. The van der Waals surface area contributed by atoms with E-state index in [2.05, 4.69) is 25.6 Å². The van der Waals surface area contributed by atoms with Crippen LogP contribution in [0.3, 0.4) is 0 Å². The van der Waals surface area contributed by atoms with E-state index in [0.29, 0.717) is 35.8 Å². The molecule has 0 bridgehead atoms. The summed E-state index contributed by atoms with van der Waals surface area (Å²) < 4.78 is 10.4. The fourth-order valence-electron chi connectivity index (χ4n) is 2.40. The summed E-state index contributed by atoms with van der Waals surface area (Å²) in [5, 5.41) is 12.6. The smallest absolute Gasteiger partial charge is 0.317 e. The van der Waals surface area contributed by atoms with Gasteiger partial charge in [0.25, 0.3) is 0 Å². The zero-order valence-electron chi connectivity index (χ0n) is 14.2. The lowest BCUT2D eigenvalue weighted by Gasteiger charge is -2.14. The molecule has 1 aliphatic rings. The third kappa shape index (κ3) is 4.07. The number of urea groups is 1. The molecule has 0 radical (unpaired) electrons. The molecule has 26 heavy (non-hydrogen) atoms. The first kappa shape index (κ1) is 16.7. The number of carbonyl (C=O) groups is 1. The van der Waals surface area contributed by atoms with Crippen molar-refractivity contribution in [2.24, 2.45) is 0 Å². The minimum absolute atomic E-state index is 0.167. The molecule has 3 aromatic heterocycles. The molecule has 0 atom stereocenters. The van der Waals surface area contributed by atoms with Crippen molar-refractivity contribution in [2.45, 2.75) is 38.3 Å². The van der Waals surface area contributed by atoms with E-state index in [-0.39, 0.29) is 19.1 Å². The van der Waals surface area contributed by atoms with Crippen molar-refractivity contribution in [2.75, 3.05) is 7.05 Å². The third-order valence-electron chi connectivity index (χ3n) is 3.95. The zero-order valence-corrected chi connectivity index (χ0v) is 15.0. The molecule has 3 aromatic rings. The van der Waals surface area contributed by atoms with Gasteiger partial charge < -0.3 is 19.3 Å². The van der Waals surface area contributed by atoms with Crippen molar-refractivity contribution in [1.82, 2.24) is 30.5 Å². The second kappa shape index (κ2) is 7.24. The fraction of sp³-hybridized carbons (Fsp3) is 0.438. The lowest BCUT2D eigenvalue weighted by atomic mass is 10.3. The Bertz CT molecular complexity index is 870. The Labute approximate surface area is 153 Å². The van der Waals surface area contributed by atoms with Crippen LogP contribution < -0.4 is 5.32 Å². The summed E-state index contributed by atoms with van der Waals surface area (Å²) in [6, 6.07) is 3.72. The van der Waals surface area contributed by atoms with Gasteiger partial charge in [0.1, 0.15) is 0 Å². The van der Waals surface area contributed by atoms with Gasteiger partial charge in [0, 0.05) is 24.3 Å². The predicted molar refractivity (Wildman–Crippen MR) is 91.4 cm³/mol. The Kier molecular flexibility index (Phi) is 4.65. The number of aromatic nitrogens is 4. The number of nitrogens with zero attached hydrogens (tertiary/aromatic N) is 5. The number of rotatable bonds is 7. The molecule has 0 unspecified atom stereocenters. The Morgan fingerprint density at radius 3 is 2.92 bits per heavy atom. The molecular formula is C16H18N6O3S. The summed E-state index contributed by atoms with van der Waals surface area (Å²) >= 11 is 1.64. The lowest BCUT2D eigenvalue weighted by Crippen LogP contribution is -2.36. The molecule has 9 nitrogen and oxygen atoms in total. The molecule has 2 amide bonds. The second-order valence-electron chi connectivity index (χ2n) is 6.20. The van der Waals surface area contributed by atoms with Crippen LogP contribution in [0.4, 0.5) is 4.79 Å². The van der Waals surface area contributed by atoms with E-state index in [0.717, 1.165) is 17.7 Å². The van der Waals surface area contributed by atoms with Crippen molar-refractivity contribution in [3.05, 3.63) is 45.8 Å². The third-order valence-corrected chi connectivity index (χ3v) is 4.83. The summed E-state index contributed by atoms with van der Waals surface area (Å²) in [4.78, 5) is 23.4. The maximum absolute atomic E-state index is 12.2. The minimum Gasteiger partial charge on any atom is -0.339 e. The highest BCUT2D eigenvalue weighted by molar-refractivity contribution is 7.09. The van der Waals surface area contributed by atoms with Gasteiger partial charge in [-0.15, -0.1) is 11.3 Å². The van der Waals surface area contributed by atoms with Gasteiger partial charge in [0.05, 0.1) is 13.1 Å². The van der Waals surface area contributed by atoms with Crippen molar-refractivity contribution in [1.29, 1.82) is 0 Å². The molecule has 1 N–H and O–H groups in total. The van der Waals surface area contributed by atoms with Crippen molar-refractivity contribution in [3.63, 3.8) is 0 Å². The summed E-state index contributed by atoms with van der Waals surface area (Å²) in [6.45, 7) is 0.440. The molecule has 1 saturated carbocycles. The van der Waals surface area contributed by atoms with Crippen molar-refractivity contribution in [3.8, 4) is 0 Å². The van der Waals surface area contributed by atoms with Crippen LogP contribution in [0.15, 0.2) is 26.6 Å². The van der Waals surface area contributed by atoms with Gasteiger partial charge in [0.15, 0.2) is 11.6 Å². The van der Waals surface area contributed by atoms with E-state index in [4.69, 9.17) is 9.05 Å². The maximum Gasteiger partial charge on any atom is 0.317 e. The molecule has 0 aliphatic heterocycles. The first-order valence-corrected chi connectivity index (χ1v) is 9.20. The zero-order chi connectivity index (χ0) is 17.9. The average Bonchev–Trinajstić information content (AvgIpc) is 3.04. The SMILES string of the molecule is CN(Cc1noc(C2CC2)n1)C(=O)NCc1nc(Cc2cccs2)no1. The van der Waals surface area contributed by atoms with E-state index < -0.39 is 0 Å². The number of nitrogens with one attached hydrogen (secondary N) is 1. The normalized spacial score (nSPS) is 13.7. The van der Waals surface area contributed by atoms with Crippen LogP contribution in [0.5, 0.6) is 0 Å². The fourth-order valence-corrected chi connectivity index (χ4v) is 3.10. The van der Waals surface area contributed by atoms with Crippen LogP contribution in [0, 0.1) is 0 Å². The summed E-state index contributed by atoms with van der Waals surface area (Å²) in [5.74, 6) is 2.54. The van der Waals surface area contributed by atoms with E-state index in [9.17, 15) is 4.79 Å². The van der Waals surface area contributed by atoms with Crippen molar-refractivity contribution < 1.29 is 13.8 Å². The molecule has 1 fully saturated rings. The molecule has 10 heteroatoms. The Morgan fingerprint density at radius 2 is 2.15 bits per heavy atom. The molecule has 0 saturated heterocycles. The molecule has 0 aromatic carbocycles. The number of hydrogen-bond acceptors (Lipinski definition) is 8. The largest absolute Gasteiger partial charge is 0.339 e. The molecule has 4 rings (SSSR count). The first-order chi connectivity index (χ1) is 12.7. The van der Waals surface area contributed by atoms with Crippen LogP contribution in [-0.2, 0) is 19.5 Å². The van der Waals surface area contributed by atoms with Crippen LogP contribution in [0.25, 0.3) is 0 Å². The molecular weight excluding hydrogens is 356 g/mol. The first-order valence-electron chi connectivity index (χ1n) is 8.32. The van der Waals surface area contributed by atoms with Crippen LogP contribution in [0.1, 0.15) is 47.1 Å². The second-order valence-corrected chi connectivity index (χ2v) is 7.23. The van der Waals surface area contributed by atoms with Gasteiger partial charge in [-0.1, -0.05) is 16.4 Å². The summed E-state index contributed by atoms with van der Waals surface area (Å²) in [6.07, 6.45) is 2.81. The van der Waals surface area contributed by atoms with Gasteiger partial charge in [-0.25, -0.2) is 4.79 Å². The van der Waals surface area contributed by atoms with E-state index in [1.807, 2.05) is 17.5 Å². The number of thiophene rings is 1. The van der Waals surface area contributed by atoms with E-state index >= 15 is 0 Å². The highest BCUT2D eigenvalue weighted by atomic mass is 32.1. The van der Waals surface area contributed by atoms with Crippen LogP contribution in [-0.4, -0.2) is 38.3 Å². The van der Waals surface area contributed by atoms with Crippen molar-refractivity contribution >= 4 is 17.4 Å². The van der Waals surface area contributed by atoms with Gasteiger partial charge in [0.2, 0.25) is 11.8 Å². The van der Waals surface area contributed by atoms with Gasteiger partial charge in [-0.2, -0.15) is 9.97 Å². The Balaban J connectivity index is 1.25. The standard InChI is InChI=1S/C16H18N6O3S/c1-22(9-13-19-15(25-21-13)10-4-5-10)16(23)17-8-14-18-12(20-24-14)7-11-3-2-6-26-11/h2-3,6,10H,4-5,7-9H2,1H3,(H,17,23). The van der Waals surface area contributed by atoms with Gasteiger partial charge >= 0.3 is 6.03 Å². The molecule has 0 spiro atoms. The minimum atomic E-state index is -0.277. The Hall–Kier alpha value is -2.75. The summed E-state index contributed by atoms with van der Waals surface area (Å²) in [7, 11) is 1.67. The number of amides is 2. The number of carbonyl (C=O) groups excluding carboxylic acids is 1. The molecule has 3 heterocycles. The van der Waals surface area contributed by atoms with Gasteiger partial charge in [-0.3, -0.25) is 0 Å². The Morgan fingerprint density at radius 1 is 1.31 bits per heavy atom. The van der Waals surface area contributed by atoms with Crippen LogP contribution >= 0.6 is 11.3 Å². The predicted octanol–water partition coefficient (Wildman–Crippen LogP) is 2.32. The average molecular weight is 374 g/mol. The van der Waals surface area contributed by atoms with E-state index in [1.54, 1.807) is 18.4 Å². The topological polar surface area (TPSA) is 110 Å². The molecule has 136 valence electrons. The summed E-state index contributed by atoms with van der Waals surface area (Å²) in [5.41, 5.74) is 0. The quantitative estimate of drug-likeness (QED) is 0.675. The van der Waals surface area contributed by atoms with E-state index in [1.165, 1.54) is 4.90 Å². The van der Waals surface area contributed by atoms with Crippen LogP contribution in [0.2, 0.25) is 0 Å².